The second-order valence-electron chi connectivity index (χ2n) is 4.18. The van der Waals surface area contributed by atoms with E-state index in [1.54, 1.807) is 19.1 Å². The monoisotopic (exact) mass is 258 g/mol. The average Bonchev–Trinajstić information content (AvgIpc) is 2.88. The highest BCUT2D eigenvalue weighted by molar-refractivity contribution is 5.92. The van der Waals surface area contributed by atoms with Crippen molar-refractivity contribution in [3.05, 3.63) is 46.5 Å². The molecule has 19 heavy (non-hydrogen) atoms. The molecule has 0 atom stereocenters. The summed E-state index contributed by atoms with van der Waals surface area (Å²) in [6.07, 6.45) is 1.40. The van der Waals surface area contributed by atoms with Crippen LogP contribution >= 0.6 is 0 Å². The number of rotatable bonds is 1. The van der Waals surface area contributed by atoms with E-state index in [1.807, 2.05) is 0 Å². The van der Waals surface area contributed by atoms with Crippen LogP contribution in [0.2, 0.25) is 0 Å². The van der Waals surface area contributed by atoms with Gasteiger partial charge in [0, 0.05) is 5.56 Å². The quantitative estimate of drug-likeness (QED) is 0.655. The minimum Gasteiger partial charge on any atom is -0.508 e. The van der Waals surface area contributed by atoms with Crippen LogP contribution in [0.1, 0.15) is 5.56 Å². The van der Waals surface area contributed by atoms with Crippen LogP contribution in [0.25, 0.3) is 22.3 Å². The Kier molecular flexibility index (Phi) is 2.35. The van der Waals surface area contributed by atoms with Crippen LogP contribution in [0.4, 0.5) is 0 Å². The minimum absolute atomic E-state index is 0.000739. The third-order valence-corrected chi connectivity index (χ3v) is 3.04. The van der Waals surface area contributed by atoms with Gasteiger partial charge in [0.25, 0.3) is 0 Å². The molecule has 0 radical (unpaired) electrons. The van der Waals surface area contributed by atoms with Crippen LogP contribution in [-0.4, -0.2) is 10.2 Å². The first-order valence-electron chi connectivity index (χ1n) is 5.62. The molecule has 2 N–H and O–H groups in total. The molecule has 0 saturated heterocycles. The lowest BCUT2D eigenvalue weighted by Gasteiger charge is -2.07. The van der Waals surface area contributed by atoms with Crippen molar-refractivity contribution in [2.45, 2.75) is 6.92 Å². The summed E-state index contributed by atoms with van der Waals surface area (Å²) in [5.74, 6) is 0.0176. The standard InChI is InChI=1S/C14H10O5/c1-7-9(15)5-4-8-12(16)11(10-3-2-6-18-10)14(17)19-13(7)8/h2-6,15-16H,1H3. The highest BCUT2D eigenvalue weighted by atomic mass is 16.4. The summed E-state index contributed by atoms with van der Waals surface area (Å²) in [5.41, 5.74) is -0.176. The van der Waals surface area contributed by atoms with Crippen molar-refractivity contribution < 1.29 is 19.0 Å². The van der Waals surface area contributed by atoms with Crippen LogP contribution in [0.5, 0.6) is 11.5 Å². The molecule has 5 nitrogen and oxygen atoms in total. The van der Waals surface area contributed by atoms with Gasteiger partial charge in [0.05, 0.1) is 11.6 Å². The van der Waals surface area contributed by atoms with Gasteiger partial charge in [-0.05, 0) is 31.2 Å². The van der Waals surface area contributed by atoms with Crippen molar-refractivity contribution in [2.75, 3.05) is 0 Å². The molecule has 2 aromatic heterocycles. The molecule has 0 amide bonds. The van der Waals surface area contributed by atoms with Gasteiger partial charge in [-0.2, -0.15) is 0 Å². The largest absolute Gasteiger partial charge is 0.508 e. The molecule has 0 aliphatic carbocycles. The Morgan fingerprint density at radius 2 is 1.95 bits per heavy atom. The van der Waals surface area contributed by atoms with Crippen molar-refractivity contribution in [1.82, 2.24) is 0 Å². The third-order valence-electron chi connectivity index (χ3n) is 3.04. The van der Waals surface area contributed by atoms with Crippen LogP contribution in [-0.2, 0) is 0 Å². The van der Waals surface area contributed by atoms with Crippen LogP contribution in [0.3, 0.4) is 0 Å². The highest BCUT2D eigenvalue weighted by Gasteiger charge is 2.19. The minimum atomic E-state index is -0.714. The molecule has 5 heteroatoms. The summed E-state index contributed by atoms with van der Waals surface area (Å²) in [5, 5.41) is 20.2. The van der Waals surface area contributed by atoms with Gasteiger partial charge in [-0.15, -0.1) is 0 Å². The Hall–Kier alpha value is -2.69. The fourth-order valence-corrected chi connectivity index (χ4v) is 2.01. The number of furan rings is 1. The topological polar surface area (TPSA) is 83.8 Å². The first-order chi connectivity index (χ1) is 9.09. The molecule has 3 rings (SSSR count). The molecule has 2 heterocycles. The normalized spacial score (nSPS) is 11.0. The van der Waals surface area contributed by atoms with Gasteiger partial charge in [-0.25, -0.2) is 4.79 Å². The zero-order valence-electron chi connectivity index (χ0n) is 10.0. The van der Waals surface area contributed by atoms with Crippen molar-refractivity contribution in [3.63, 3.8) is 0 Å². The number of hydrogen-bond acceptors (Lipinski definition) is 5. The molecule has 0 saturated carbocycles. The number of hydrogen-bond donors (Lipinski definition) is 2. The van der Waals surface area contributed by atoms with E-state index in [0.717, 1.165) is 0 Å². The molecular weight excluding hydrogens is 248 g/mol. The number of phenols is 1. The van der Waals surface area contributed by atoms with Gasteiger partial charge < -0.3 is 19.0 Å². The fraction of sp³-hybridized carbons (Fsp3) is 0.0714. The van der Waals surface area contributed by atoms with Crippen molar-refractivity contribution in [2.24, 2.45) is 0 Å². The van der Waals surface area contributed by atoms with Crippen molar-refractivity contribution in [1.29, 1.82) is 0 Å². The van der Waals surface area contributed by atoms with E-state index in [4.69, 9.17) is 8.83 Å². The predicted octanol–water partition coefficient (Wildman–Crippen LogP) is 2.77. The molecule has 0 aliphatic heterocycles. The zero-order valence-corrected chi connectivity index (χ0v) is 10.0. The molecule has 3 aromatic rings. The first-order valence-corrected chi connectivity index (χ1v) is 5.62. The number of aromatic hydroxyl groups is 2. The average molecular weight is 258 g/mol. The maximum Gasteiger partial charge on any atom is 0.351 e. The van der Waals surface area contributed by atoms with E-state index >= 15 is 0 Å². The van der Waals surface area contributed by atoms with Gasteiger partial charge in [-0.3, -0.25) is 0 Å². The van der Waals surface area contributed by atoms with Crippen LogP contribution in [0.15, 0.2) is 44.2 Å². The Labute approximate surface area is 107 Å². The lowest BCUT2D eigenvalue weighted by molar-refractivity contribution is 0.458. The number of fused-ring (bicyclic) bond motifs is 1. The van der Waals surface area contributed by atoms with Gasteiger partial charge in [0.15, 0.2) is 0 Å². The lowest BCUT2D eigenvalue weighted by Crippen LogP contribution is -2.03. The fourth-order valence-electron chi connectivity index (χ4n) is 2.01. The zero-order chi connectivity index (χ0) is 13.6. The Morgan fingerprint density at radius 1 is 1.16 bits per heavy atom. The Balaban J connectivity index is 2.45. The molecule has 0 fully saturated rings. The van der Waals surface area contributed by atoms with Gasteiger partial charge in [-0.1, -0.05) is 0 Å². The lowest BCUT2D eigenvalue weighted by atomic mass is 10.1. The summed E-state index contributed by atoms with van der Waals surface area (Å²) in [4.78, 5) is 11.9. The van der Waals surface area contributed by atoms with Crippen LogP contribution < -0.4 is 5.63 Å². The van der Waals surface area contributed by atoms with E-state index < -0.39 is 5.63 Å². The van der Waals surface area contributed by atoms with E-state index in [1.165, 1.54) is 18.4 Å². The Morgan fingerprint density at radius 3 is 2.63 bits per heavy atom. The summed E-state index contributed by atoms with van der Waals surface area (Å²) < 4.78 is 10.3. The van der Waals surface area contributed by atoms with E-state index in [0.29, 0.717) is 10.9 Å². The highest BCUT2D eigenvalue weighted by Crippen LogP contribution is 2.36. The number of benzene rings is 1. The van der Waals surface area contributed by atoms with Gasteiger partial charge >= 0.3 is 5.63 Å². The van der Waals surface area contributed by atoms with Gasteiger partial charge in [0.1, 0.15) is 28.4 Å². The Bertz CT molecular complexity index is 812. The smallest absolute Gasteiger partial charge is 0.351 e. The van der Waals surface area contributed by atoms with E-state index in [-0.39, 0.29) is 28.4 Å². The number of phenolic OH excluding ortho intramolecular Hbond substituents is 1. The second-order valence-corrected chi connectivity index (χ2v) is 4.18. The summed E-state index contributed by atoms with van der Waals surface area (Å²) in [6.45, 7) is 1.60. The molecule has 0 bridgehead atoms. The van der Waals surface area contributed by atoms with Crippen LogP contribution in [0, 0.1) is 6.92 Å². The van der Waals surface area contributed by atoms with E-state index in [9.17, 15) is 15.0 Å². The number of aryl methyl sites for hydroxylation is 1. The van der Waals surface area contributed by atoms with Gasteiger partial charge in [0.2, 0.25) is 0 Å². The SMILES string of the molecule is Cc1c(O)ccc2c(O)c(-c3ccco3)c(=O)oc12. The van der Waals surface area contributed by atoms with E-state index in [2.05, 4.69) is 0 Å². The molecule has 0 spiro atoms. The summed E-state index contributed by atoms with van der Waals surface area (Å²) in [7, 11) is 0. The maximum absolute atomic E-state index is 11.9. The molecule has 0 unspecified atom stereocenters. The molecule has 1 aromatic carbocycles. The van der Waals surface area contributed by atoms with Crippen molar-refractivity contribution in [3.8, 4) is 22.8 Å². The second kappa shape index (κ2) is 3.91. The van der Waals surface area contributed by atoms with Crippen molar-refractivity contribution >= 4 is 11.0 Å². The molecular formula is C14H10O5. The molecule has 96 valence electrons. The predicted molar refractivity (Wildman–Crippen MR) is 68.3 cm³/mol. The first kappa shape index (κ1) is 11.4. The summed E-state index contributed by atoms with van der Waals surface area (Å²) in [6, 6.07) is 6.09. The third kappa shape index (κ3) is 1.59. The maximum atomic E-state index is 11.9. The summed E-state index contributed by atoms with van der Waals surface area (Å²) >= 11 is 0. The molecule has 0 aliphatic rings.